The number of nitrogens with zero attached hydrogens (tertiary/aromatic N) is 1. The molecule has 0 bridgehead atoms. The third-order valence-corrected chi connectivity index (χ3v) is 3.55. The molecule has 0 saturated carbocycles. The average Bonchev–Trinajstić information content (AvgIpc) is 2.76. The van der Waals surface area contributed by atoms with Crippen LogP contribution in [0.2, 0.25) is 0 Å². The number of hydrogen-bond donors (Lipinski definition) is 2. The Kier molecular flexibility index (Phi) is 3.62. The van der Waals surface area contributed by atoms with Crippen LogP contribution >= 0.6 is 11.3 Å². The number of nitrogens with one attached hydrogen (secondary N) is 1. The summed E-state index contributed by atoms with van der Waals surface area (Å²) in [6.45, 7) is 4.31. The molecule has 0 radical (unpaired) electrons. The fourth-order valence-electron chi connectivity index (χ4n) is 1.61. The molecule has 0 saturated heterocycles. The van der Waals surface area contributed by atoms with Crippen molar-refractivity contribution in [3.63, 3.8) is 0 Å². The van der Waals surface area contributed by atoms with Crippen LogP contribution in [0, 0.1) is 13.8 Å². The Morgan fingerprint density at radius 1 is 1.44 bits per heavy atom. The molecule has 0 fully saturated rings. The van der Waals surface area contributed by atoms with Gasteiger partial charge in [0, 0.05) is 16.8 Å². The van der Waals surface area contributed by atoms with Crippen molar-refractivity contribution in [3.05, 3.63) is 45.4 Å². The van der Waals surface area contributed by atoms with Gasteiger partial charge < -0.3 is 11.1 Å². The predicted octanol–water partition coefficient (Wildman–Crippen LogP) is 2.27. The minimum atomic E-state index is -0.163. The second kappa shape index (κ2) is 5.18. The Balaban J connectivity index is 2.06. The maximum atomic E-state index is 12.0. The number of benzene rings is 1. The van der Waals surface area contributed by atoms with Crippen LogP contribution in [0.4, 0.5) is 5.69 Å². The van der Waals surface area contributed by atoms with Crippen molar-refractivity contribution in [1.82, 2.24) is 10.3 Å². The van der Waals surface area contributed by atoms with Gasteiger partial charge >= 0.3 is 0 Å². The number of aromatic nitrogens is 1. The van der Waals surface area contributed by atoms with Crippen LogP contribution in [-0.2, 0) is 6.54 Å². The van der Waals surface area contributed by atoms with Gasteiger partial charge in [0.2, 0.25) is 0 Å². The molecule has 1 amide bonds. The molecule has 0 spiro atoms. The minimum Gasteiger partial charge on any atom is -0.398 e. The van der Waals surface area contributed by atoms with Crippen LogP contribution in [0.3, 0.4) is 0 Å². The van der Waals surface area contributed by atoms with Crippen LogP contribution in [0.25, 0.3) is 0 Å². The molecule has 1 aromatic heterocycles. The second-order valence-corrected chi connectivity index (χ2v) is 5.40. The van der Waals surface area contributed by atoms with Crippen molar-refractivity contribution in [2.24, 2.45) is 0 Å². The summed E-state index contributed by atoms with van der Waals surface area (Å²) in [6.07, 6.45) is 1.80. The first kappa shape index (κ1) is 12.6. The van der Waals surface area contributed by atoms with Gasteiger partial charge in [-0.15, -0.1) is 11.3 Å². The highest BCUT2D eigenvalue weighted by Crippen LogP contribution is 2.16. The lowest BCUT2D eigenvalue weighted by Gasteiger charge is -2.08. The van der Waals surface area contributed by atoms with Gasteiger partial charge in [0.25, 0.3) is 5.91 Å². The summed E-state index contributed by atoms with van der Waals surface area (Å²) in [4.78, 5) is 17.3. The highest BCUT2D eigenvalue weighted by molar-refractivity contribution is 7.11. The van der Waals surface area contributed by atoms with Crippen LogP contribution < -0.4 is 11.1 Å². The summed E-state index contributed by atoms with van der Waals surface area (Å²) in [5, 5.41) is 3.72. The zero-order valence-electron chi connectivity index (χ0n) is 10.4. The van der Waals surface area contributed by atoms with Crippen molar-refractivity contribution in [2.75, 3.05) is 5.73 Å². The summed E-state index contributed by atoms with van der Waals surface area (Å²) in [5.41, 5.74) is 7.84. The monoisotopic (exact) mass is 261 g/mol. The highest BCUT2D eigenvalue weighted by atomic mass is 32.1. The van der Waals surface area contributed by atoms with Gasteiger partial charge in [-0.2, -0.15) is 0 Å². The standard InChI is InChI=1S/C13H15N3OS/c1-8-4-3-5-10(12(8)14)13(17)16-7-11-15-6-9(2)18-11/h3-6H,7,14H2,1-2H3,(H,16,17). The van der Waals surface area contributed by atoms with Gasteiger partial charge in [-0.05, 0) is 25.5 Å². The van der Waals surface area contributed by atoms with E-state index in [0.29, 0.717) is 17.8 Å². The van der Waals surface area contributed by atoms with E-state index in [-0.39, 0.29) is 5.91 Å². The van der Waals surface area contributed by atoms with E-state index in [1.165, 1.54) is 0 Å². The minimum absolute atomic E-state index is 0.163. The molecule has 1 aromatic carbocycles. The van der Waals surface area contributed by atoms with Crippen LogP contribution in [0.1, 0.15) is 25.8 Å². The topological polar surface area (TPSA) is 68.0 Å². The third kappa shape index (κ3) is 2.68. The smallest absolute Gasteiger partial charge is 0.253 e. The maximum Gasteiger partial charge on any atom is 0.253 e. The number of nitrogen functional groups attached to an aromatic ring is 1. The quantitative estimate of drug-likeness (QED) is 0.833. The van der Waals surface area contributed by atoms with Crippen LogP contribution in [-0.4, -0.2) is 10.9 Å². The van der Waals surface area contributed by atoms with Crippen molar-refractivity contribution in [1.29, 1.82) is 0 Å². The van der Waals surface area contributed by atoms with E-state index in [4.69, 9.17) is 5.73 Å². The zero-order chi connectivity index (χ0) is 13.1. The van der Waals surface area contributed by atoms with Gasteiger partial charge in [-0.25, -0.2) is 4.98 Å². The van der Waals surface area contributed by atoms with E-state index in [2.05, 4.69) is 10.3 Å². The maximum absolute atomic E-state index is 12.0. The number of rotatable bonds is 3. The molecule has 3 N–H and O–H groups in total. The second-order valence-electron chi connectivity index (χ2n) is 4.08. The Morgan fingerprint density at radius 2 is 2.22 bits per heavy atom. The lowest BCUT2D eigenvalue weighted by molar-refractivity contribution is 0.0951. The number of nitrogens with two attached hydrogens (primary N) is 1. The Morgan fingerprint density at radius 3 is 2.89 bits per heavy atom. The van der Waals surface area contributed by atoms with Crippen LogP contribution in [0.5, 0.6) is 0 Å². The number of anilines is 1. The molecular formula is C13H15N3OS. The van der Waals surface area contributed by atoms with Gasteiger partial charge in [0.15, 0.2) is 0 Å². The molecule has 1 heterocycles. The number of aryl methyl sites for hydroxylation is 2. The molecule has 0 atom stereocenters. The molecule has 94 valence electrons. The van der Waals surface area contributed by atoms with E-state index in [9.17, 15) is 4.79 Å². The summed E-state index contributed by atoms with van der Waals surface area (Å²) >= 11 is 1.58. The van der Waals surface area contributed by atoms with E-state index < -0.39 is 0 Å². The van der Waals surface area contributed by atoms with E-state index in [1.807, 2.05) is 26.0 Å². The van der Waals surface area contributed by atoms with Gasteiger partial charge in [-0.1, -0.05) is 12.1 Å². The molecule has 4 nitrogen and oxygen atoms in total. The first-order valence-corrected chi connectivity index (χ1v) is 6.44. The number of amides is 1. The predicted molar refractivity (Wildman–Crippen MR) is 73.6 cm³/mol. The zero-order valence-corrected chi connectivity index (χ0v) is 11.2. The molecule has 0 aliphatic rings. The third-order valence-electron chi connectivity index (χ3n) is 2.64. The summed E-state index contributed by atoms with van der Waals surface area (Å²) in [6, 6.07) is 5.44. The van der Waals surface area contributed by atoms with Crippen molar-refractivity contribution < 1.29 is 4.79 Å². The summed E-state index contributed by atoms with van der Waals surface area (Å²) in [7, 11) is 0. The summed E-state index contributed by atoms with van der Waals surface area (Å²) < 4.78 is 0. The van der Waals surface area contributed by atoms with E-state index >= 15 is 0 Å². The van der Waals surface area contributed by atoms with Crippen molar-refractivity contribution in [2.45, 2.75) is 20.4 Å². The van der Waals surface area contributed by atoms with Crippen molar-refractivity contribution in [3.8, 4) is 0 Å². The Bertz CT molecular complexity index is 577. The molecule has 0 aliphatic heterocycles. The largest absolute Gasteiger partial charge is 0.398 e. The number of carbonyl (C=O) groups excluding carboxylic acids is 1. The number of para-hydroxylation sites is 1. The van der Waals surface area contributed by atoms with Crippen molar-refractivity contribution >= 4 is 22.9 Å². The molecule has 0 unspecified atom stereocenters. The molecule has 0 aliphatic carbocycles. The number of carbonyl (C=O) groups is 1. The molecule has 2 aromatic rings. The molecule has 5 heteroatoms. The van der Waals surface area contributed by atoms with Gasteiger partial charge in [0.05, 0.1) is 12.1 Å². The Labute approximate surface area is 110 Å². The van der Waals surface area contributed by atoms with E-state index in [0.717, 1.165) is 15.4 Å². The fraction of sp³-hybridized carbons (Fsp3) is 0.231. The fourth-order valence-corrected chi connectivity index (χ4v) is 2.34. The SMILES string of the molecule is Cc1cnc(CNC(=O)c2cccc(C)c2N)s1. The molecule has 2 rings (SSSR count). The van der Waals surface area contributed by atoms with Gasteiger partial charge in [0.1, 0.15) is 5.01 Å². The van der Waals surface area contributed by atoms with Gasteiger partial charge in [-0.3, -0.25) is 4.79 Å². The van der Waals surface area contributed by atoms with Crippen LogP contribution in [0.15, 0.2) is 24.4 Å². The summed E-state index contributed by atoms with van der Waals surface area (Å²) in [5.74, 6) is -0.163. The lowest BCUT2D eigenvalue weighted by Crippen LogP contribution is -2.23. The highest BCUT2D eigenvalue weighted by Gasteiger charge is 2.11. The lowest BCUT2D eigenvalue weighted by atomic mass is 10.1. The number of hydrogen-bond acceptors (Lipinski definition) is 4. The average molecular weight is 261 g/mol. The molecule has 18 heavy (non-hydrogen) atoms. The first-order valence-electron chi connectivity index (χ1n) is 5.62. The van der Waals surface area contributed by atoms with E-state index in [1.54, 1.807) is 23.6 Å². The first-order chi connectivity index (χ1) is 8.58. The number of thiazole rings is 1. The normalized spacial score (nSPS) is 10.3. The molecular weight excluding hydrogens is 246 g/mol. The Hall–Kier alpha value is -1.88.